The fourth-order valence-corrected chi connectivity index (χ4v) is 8.29. The molecular formula is C21H31BrO3. The first kappa shape index (κ1) is 18.0. The largest absolute Gasteiger partial charge is 0.462 e. The molecule has 0 heterocycles. The second-order valence-electron chi connectivity index (χ2n) is 9.72. The van der Waals surface area contributed by atoms with Gasteiger partial charge in [0.2, 0.25) is 0 Å². The summed E-state index contributed by atoms with van der Waals surface area (Å²) in [5.74, 6) is 3.02. The second-order valence-corrected chi connectivity index (χ2v) is 10.8. The summed E-state index contributed by atoms with van der Waals surface area (Å²) in [7, 11) is 0. The maximum absolute atomic E-state index is 12.2. The van der Waals surface area contributed by atoms with Gasteiger partial charge in [-0.3, -0.25) is 9.59 Å². The lowest BCUT2D eigenvalue weighted by molar-refractivity contribution is -0.161. The van der Waals surface area contributed by atoms with Crippen LogP contribution in [-0.2, 0) is 14.3 Å². The van der Waals surface area contributed by atoms with Gasteiger partial charge in [-0.2, -0.15) is 0 Å². The highest BCUT2D eigenvalue weighted by Gasteiger charge is 2.61. The molecule has 4 saturated carbocycles. The maximum atomic E-state index is 12.2. The lowest BCUT2D eigenvalue weighted by Crippen LogP contribution is -2.55. The molecule has 0 amide bonds. The molecule has 8 unspecified atom stereocenters. The van der Waals surface area contributed by atoms with Crippen LogP contribution in [0.3, 0.4) is 0 Å². The van der Waals surface area contributed by atoms with Gasteiger partial charge in [0.1, 0.15) is 11.9 Å². The topological polar surface area (TPSA) is 43.4 Å². The third-order valence-electron chi connectivity index (χ3n) is 8.70. The van der Waals surface area contributed by atoms with Gasteiger partial charge in [0, 0.05) is 18.8 Å². The summed E-state index contributed by atoms with van der Waals surface area (Å²) in [6.45, 7) is 6.39. The average molecular weight is 411 g/mol. The Labute approximate surface area is 159 Å². The number of hydrogen-bond donors (Lipinski definition) is 0. The van der Waals surface area contributed by atoms with Crippen LogP contribution in [0.15, 0.2) is 0 Å². The maximum Gasteiger partial charge on any atom is 0.302 e. The number of alkyl halides is 1. The number of ether oxygens (including phenoxy) is 1. The molecule has 4 fully saturated rings. The van der Waals surface area contributed by atoms with E-state index in [0.29, 0.717) is 23.0 Å². The van der Waals surface area contributed by atoms with E-state index >= 15 is 0 Å². The van der Waals surface area contributed by atoms with E-state index < -0.39 is 0 Å². The van der Waals surface area contributed by atoms with Gasteiger partial charge in [-0.1, -0.05) is 29.8 Å². The van der Waals surface area contributed by atoms with Crippen LogP contribution < -0.4 is 0 Å². The van der Waals surface area contributed by atoms with E-state index in [2.05, 4.69) is 29.8 Å². The second kappa shape index (κ2) is 6.07. The fourth-order valence-electron chi connectivity index (χ4n) is 7.40. The Hall–Kier alpha value is -0.380. The highest BCUT2D eigenvalue weighted by molar-refractivity contribution is 9.10. The molecule has 140 valence electrons. The molecule has 0 aromatic heterocycles. The highest BCUT2D eigenvalue weighted by Crippen LogP contribution is 2.66. The lowest BCUT2D eigenvalue weighted by Gasteiger charge is -2.60. The predicted octanol–water partition coefficient (Wildman–Crippen LogP) is 4.90. The first-order chi connectivity index (χ1) is 11.8. The lowest BCUT2D eigenvalue weighted by atomic mass is 9.45. The van der Waals surface area contributed by atoms with E-state index in [4.69, 9.17) is 4.74 Å². The molecule has 0 aliphatic heterocycles. The SMILES string of the molecule is CC(=O)OC1CCC2C3CCC4CC(=O)C(Br)CC4(C)C3CCC12C. The van der Waals surface area contributed by atoms with Crippen LogP contribution in [0, 0.1) is 34.5 Å². The quantitative estimate of drug-likeness (QED) is 0.455. The zero-order chi connectivity index (χ0) is 18.0. The molecule has 0 bridgehead atoms. The normalized spacial score (nSPS) is 52.1. The van der Waals surface area contributed by atoms with E-state index in [9.17, 15) is 9.59 Å². The van der Waals surface area contributed by atoms with E-state index in [1.807, 2.05) is 0 Å². The third-order valence-corrected chi connectivity index (χ3v) is 9.54. The number of Topliss-reactive ketones (excluding diaryl/α,β-unsaturated/α-hetero) is 1. The van der Waals surface area contributed by atoms with Crippen molar-refractivity contribution in [3.05, 3.63) is 0 Å². The number of esters is 1. The summed E-state index contributed by atoms with van der Waals surface area (Å²) in [4.78, 5) is 23.8. The number of carbonyl (C=O) groups is 2. The van der Waals surface area contributed by atoms with Crippen molar-refractivity contribution in [2.24, 2.45) is 34.5 Å². The number of rotatable bonds is 1. The van der Waals surface area contributed by atoms with Crippen molar-refractivity contribution in [2.75, 3.05) is 0 Å². The highest BCUT2D eigenvalue weighted by atomic mass is 79.9. The van der Waals surface area contributed by atoms with E-state index in [1.54, 1.807) is 6.92 Å². The first-order valence-electron chi connectivity index (χ1n) is 10.1. The number of hydrogen-bond acceptors (Lipinski definition) is 3. The van der Waals surface area contributed by atoms with Gasteiger partial charge < -0.3 is 4.74 Å². The summed E-state index contributed by atoms with van der Waals surface area (Å²) < 4.78 is 5.74. The number of ketones is 1. The van der Waals surface area contributed by atoms with Crippen LogP contribution in [0.4, 0.5) is 0 Å². The molecule has 4 rings (SSSR count). The fraction of sp³-hybridized carbons (Fsp3) is 0.905. The van der Waals surface area contributed by atoms with Crippen molar-refractivity contribution in [2.45, 2.75) is 83.1 Å². The van der Waals surface area contributed by atoms with E-state index in [0.717, 1.165) is 31.1 Å². The molecular weight excluding hydrogens is 380 g/mol. The minimum absolute atomic E-state index is 0.0539. The Morgan fingerprint density at radius 3 is 2.52 bits per heavy atom. The van der Waals surface area contributed by atoms with Gasteiger partial charge in [-0.05, 0) is 74.0 Å². The minimum Gasteiger partial charge on any atom is -0.462 e. The summed E-state index contributed by atoms with van der Waals surface area (Å²) >= 11 is 3.66. The van der Waals surface area contributed by atoms with Gasteiger partial charge in [0.05, 0.1) is 4.83 Å². The molecule has 3 nitrogen and oxygen atoms in total. The Bertz CT molecular complexity index is 590. The Morgan fingerprint density at radius 2 is 1.80 bits per heavy atom. The van der Waals surface area contributed by atoms with Crippen LogP contribution in [0.2, 0.25) is 0 Å². The Morgan fingerprint density at radius 1 is 1.08 bits per heavy atom. The van der Waals surface area contributed by atoms with Crippen molar-refractivity contribution in [3.8, 4) is 0 Å². The third kappa shape index (κ3) is 2.64. The molecule has 0 spiro atoms. The molecule has 0 radical (unpaired) electrons. The molecule has 4 aliphatic rings. The molecule has 0 aromatic rings. The van der Waals surface area contributed by atoms with Gasteiger partial charge in [-0.25, -0.2) is 0 Å². The van der Waals surface area contributed by atoms with Gasteiger partial charge in [-0.15, -0.1) is 0 Å². The van der Waals surface area contributed by atoms with Gasteiger partial charge in [0.25, 0.3) is 0 Å². The molecule has 4 heteroatoms. The molecule has 0 aromatic carbocycles. The zero-order valence-electron chi connectivity index (χ0n) is 15.7. The van der Waals surface area contributed by atoms with Crippen LogP contribution >= 0.6 is 15.9 Å². The Balaban J connectivity index is 1.59. The molecule has 0 N–H and O–H groups in total. The predicted molar refractivity (Wildman–Crippen MR) is 100 cm³/mol. The van der Waals surface area contributed by atoms with Crippen LogP contribution in [-0.4, -0.2) is 22.7 Å². The van der Waals surface area contributed by atoms with Crippen LogP contribution in [0.25, 0.3) is 0 Å². The molecule has 0 saturated heterocycles. The van der Waals surface area contributed by atoms with E-state index in [1.165, 1.54) is 32.1 Å². The van der Waals surface area contributed by atoms with Crippen molar-refractivity contribution >= 4 is 27.7 Å². The summed E-state index contributed by atoms with van der Waals surface area (Å²) in [6.07, 6.45) is 8.99. The molecule has 4 aliphatic carbocycles. The molecule has 8 atom stereocenters. The van der Waals surface area contributed by atoms with Gasteiger partial charge >= 0.3 is 5.97 Å². The standard InChI is InChI=1S/C21H31BrO3/c1-12(23)25-19-7-6-15-14-5-4-13-10-18(24)17(22)11-21(13,3)16(14)8-9-20(15,19)2/h13-17,19H,4-11H2,1-3H3. The van der Waals surface area contributed by atoms with Gasteiger partial charge in [0.15, 0.2) is 0 Å². The zero-order valence-corrected chi connectivity index (χ0v) is 17.3. The smallest absolute Gasteiger partial charge is 0.302 e. The van der Waals surface area contributed by atoms with Crippen molar-refractivity contribution in [1.29, 1.82) is 0 Å². The van der Waals surface area contributed by atoms with Crippen LogP contribution in [0.5, 0.6) is 0 Å². The summed E-state index contributed by atoms with van der Waals surface area (Å²) in [5, 5.41) is 0. The van der Waals surface area contributed by atoms with E-state index in [-0.39, 0.29) is 22.3 Å². The van der Waals surface area contributed by atoms with Crippen molar-refractivity contribution < 1.29 is 14.3 Å². The van der Waals surface area contributed by atoms with Crippen LogP contribution in [0.1, 0.15) is 72.1 Å². The number of fused-ring (bicyclic) bond motifs is 5. The first-order valence-corrected chi connectivity index (χ1v) is 11.0. The number of carbonyl (C=O) groups excluding carboxylic acids is 2. The summed E-state index contributed by atoms with van der Waals surface area (Å²) in [5.41, 5.74) is 0.458. The van der Waals surface area contributed by atoms with Crippen molar-refractivity contribution in [3.63, 3.8) is 0 Å². The minimum atomic E-state index is -0.127. The monoisotopic (exact) mass is 410 g/mol. The summed E-state index contributed by atoms with van der Waals surface area (Å²) in [6, 6.07) is 0. The van der Waals surface area contributed by atoms with Crippen molar-refractivity contribution in [1.82, 2.24) is 0 Å². The average Bonchev–Trinajstić information content (AvgIpc) is 2.85. The Kier molecular flexibility index (Phi) is 4.37. The molecule has 25 heavy (non-hydrogen) atoms. The number of halogens is 1.